The first kappa shape index (κ1) is 11.4. The highest BCUT2D eigenvalue weighted by atomic mass is 35.5. The van der Waals surface area contributed by atoms with E-state index in [1.807, 2.05) is 18.2 Å². The molecular weight excluding hydrogens is 242 g/mol. The summed E-state index contributed by atoms with van der Waals surface area (Å²) in [5.74, 6) is 0. The first-order valence-corrected chi connectivity index (χ1v) is 6.38. The van der Waals surface area contributed by atoms with Crippen LogP contribution in [0.25, 0.3) is 22.2 Å². The number of H-pyrrole nitrogens is 1. The van der Waals surface area contributed by atoms with Gasteiger partial charge in [0.15, 0.2) is 0 Å². The Morgan fingerprint density at radius 2 is 1.83 bits per heavy atom. The van der Waals surface area contributed by atoms with Crippen molar-refractivity contribution in [3.63, 3.8) is 0 Å². The van der Waals surface area contributed by atoms with Crippen LogP contribution in [-0.4, -0.2) is 4.98 Å². The van der Waals surface area contributed by atoms with Crippen molar-refractivity contribution in [3.05, 3.63) is 58.6 Å². The number of benzene rings is 2. The maximum absolute atomic E-state index is 6.04. The molecule has 2 heteroatoms. The van der Waals surface area contributed by atoms with Crippen LogP contribution >= 0.6 is 11.6 Å². The molecule has 90 valence electrons. The highest BCUT2D eigenvalue weighted by Crippen LogP contribution is 2.28. The summed E-state index contributed by atoms with van der Waals surface area (Å²) in [6.45, 7) is 4.28. The molecule has 0 saturated carbocycles. The van der Waals surface area contributed by atoms with Gasteiger partial charge in [-0.3, -0.25) is 0 Å². The summed E-state index contributed by atoms with van der Waals surface area (Å²) >= 11 is 6.04. The van der Waals surface area contributed by atoms with Crippen LogP contribution in [0.5, 0.6) is 0 Å². The molecule has 0 unspecified atom stereocenters. The molecular formula is C16H14ClN. The Bertz CT molecular complexity index is 725. The number of nitrogens with one attached hydrogen (secondary N) is 1. The van der Waals surface area contributed by atoms with Crippen molar-refractivity contribution in [1.82, 2.24) is 4.98 Å². The van der Waals surface area contributed by atoms with Gasteiger partial charge in [0.05, 0.1) is 0 Å². The largest absolute Gasteiger partial charge is 0.354 e. The second kappa shape index (κ2) is 4.18. The Morgan fingerprint density at radius 3 is 2.61 bits per heavy atom. The summed E-state index contributed by atoms with van der Waals surface area (Å²) < 4.78 is 0. The van der Waals surface area contributed by atoms with E-state index in [-0.39, 0.29) is 0 Å². The molecule has 1 nitrogen and oxygen atoms in total. The van der Waals surface area contributed by atoms with Crippen molar-refractivity contribution < 1.29 is 0 Å². The summed E-state index contributed by atoms with van der Waals surface area (Å²) in [4.78, 5) is 3.49. The highest BCUT2D eigenvalue weighted by molar-refractivity contribution is 6.30. The number of rotatable bonds is 1. The van der Waals surface area contributed by atoms with Crippen LogP contribution < -0.4 is 0 Å². The molecule has 0 aliphatic heterocycles. The lowest BCUT2D eigenvalue weighted by Gasteiger charge is -2.00. The quantitative estimate of drug-likeness (QED) is 0.622. The fraction of sp³-hybridized carbons (Fsp3) is 0.125. The van der Waals surface area contributed by atoms with Gasteiger partial charge in [0.1, 0.15) is 0 Å². The third-order valence-electron chi connectivity index (χ3n) is 3.46. The zero-order valence-corrected chi connectivity index (χ0v) is 11.2. The van der Waals surface area contributed by atoms with E-state index in [0.717, 1.165) is 16.3 Å². The highest BCUT2D eigenvalue weighted by Gasteiger charge is 2.06. The number of hydrogen-bond acceptors (Lipinski definition) is 0. The van der Waals surface area contributed by atoms with E-state index >= 15 is 0 Å². The average molecular weight is 256 g/mol. The second-order valence-corrected chi connectivity index (χ2v) is 5.10. The van der Waals surface area contributed by atoms with Crippen LogP contribution in [0.3, 0.4) is 0 Å². The molecule has 1 N–H and O–H groups in total. The van der Waals surface area contributed by atoms with Crippen LogP contribution in [0, 0.1) is 13.8 Å². The van der Waals surface area contributed by atoms with Crippen molar-refractivity contribution in [3.8, 4) is 11.3 Å². The predicted molar refractivity (Wildman–Crippen MR) is 78.2 cm³/mol. The fourth-order valence-corrected chi connectivity index (χ4v) is 2.45. The summed E-state index contributed by atoms with van der Waals surface area (Å²) in [5.41, 5.74) is 6.06. The number of aryl methyl sites for hydroxylation is 2. The van der Waals surface area contributed by atoms with Crippen LogP contribution in [0.15, 0.2) is 42.5 Å². The first-order valence-electron chi connectivity index (χ1n) is 6.00. The van der Waals surface area contributed by atoms with E-state index in [0.29, 0.717) is 0 Å². The van der Waals surface area contributed by atoms with Crippen molar-refractivity contribution in [2.24, 2.45) is 0 Å². The standard InChI is InChI=1S/C16H14ClN/c1-10-6-7-13-9-15(18-16(13)11(10)2)12-4-3-5-14(17)8-12/h3-9,18H,1-2H3. The molecule has 1 heterocycles. The molecule has 1 aromatic heterocycles. The van der Waals surface area contributed by atoms with E-state index in [1.165, 1.54) is 22.0 Å². The van der Waals surface area contributed by atoms with Crippen molar-refractivity contribution >= 4 is 22.5 Å². The molecule has 0 aliphatic carbocycles. The van der Waals surface area contributed by atoms with E-state index in [1.54, 1.807) is 0 Å². The molecule has 0 aliphatic rings. The number of halogens is 1. The maximum atomic E-state index is 6.04. The first-order chi connectivity index (χ1) is 8.65. The fourth-order valence-electron chi connectivity index (χ4n) is 2.26. The van der Waals surface area contributed by atoms with Gasteiger partial charge in [0.2, 0.25) is 0 Å². The van der Waals surface area contributed by atoms with Crippen molar-refractivity contribution in [2.45, 2.75) is 13.8 Å². The molecule has 2 aromatic carbocycles. The van der Waals surface area contributed by atoms with E-state index in [2.05, 4.69) is 43.1 Å². The third-order valence-corrected chi connectivity index (χ3v) is 3.70. The minimum atomic E-state index is 0.763. The van der Waals surface area contributed by atoms with Gasteiger partial charge in [0.25, 0.3) is 0 Å². The van der Waals surface area contributed by atoms with Gasteiger partial charge in [-0.2, -0.15) is 0 Å². The Hall–Kier alpha value is -1.73. The number of aromatic nitrogens is 1. The Labute approximate surface area is 111 Å². The van der Waals surface area contributed by atoms with Gasteiger partial charge < -0.3 is 4.98 Å². The molecule has 0 radical (unpaired) electrons. The monoisotopic (exact) mass is 255 g/mol. The van der Waals surface area contributed by atoms with Crippen LogP contribution in [0.4, 0.5) is 0 Å². The lowest BCUT2D eigenvalue weighted by molar-refractivity contribution is 1.34. The zero-order valence-electron chi connectivity index (χ0n) is 10.4. The lowest BCUT2D eigenvalue weighted by Crippen LogP contribution is -1.82. The summed E-state index contributed by atoms with van der Waals surface area (Å²) in [7, 11) is 0. The number of fused-ring (bicyclic) bond motifs is 1. The molecule has 18 heavy (non-hydrogen) atoms. The lowest BCUT2D eigenvalue weighted by atomic mass is 10.1. The Morgan fingerprint density at radius 1 is 1.00 bits per heavy atom. The minimum absolute atomic E-state index is 0.763. The molecule has 3 rings (SSSR count). The molecule has 0 spiro atoms. The molecule has 3 aromatic rings. The maximum Gasteiger partial charge on any atom is 0.0491 e. The number of hydrogen-bond donors (Lipinski definition) is 1. The normalized spacial score (nSPS) is 11.1. The molecule has 0 saturated heterocycles. The molecule has 0 bridgehead atoms. The minimum Gasteiger partial charge on any atom is -0.354 e. The van der Waals surface area contributed by atoms with E-state index in [9.17, 15) is 0 Å². The Balaban J connectivity index is 2.23. The van der Waals surface area contributed by atoms with Crippen LogP contribution in [0.2, 0.25) is 5.02 Å². The van der Waals surface area contributed by atoms with Crippen LogP contribution in [0.1, 0.15) is 11.1 Å². The summed E-state index contributed by atoms with van der Waals surface area (Å²) in [6, 6.07) is 14.4. The summed E-state index contributed by atoms with van der Waals surface area (Å²) in [5, 5.41) is 2.01. The zero-order chi connectivity index (χ0) is 12.7. The summed E-state index contributed by atoms with van der Waals surface area (Å²) in [6.07, 6.45) is 0. The van der Waals surface area contributed by atoms with Crippen LogP contribution in [-0.2, 0) is 0 Å². The smallest absolute Gasteiger partial charge is 0.0491 e. The molecule has 0 atom stereocenters. The van der Waals surface area contributed by atoms with Gasteiger partial charge in [-0.05, 0) is 48.7 Å². The molecule has 0 amide bonds. The Kier molecular flexibility index (Phi) is 2.64. The predicted octanol–water partition coefficient (Wildman–Crippen LogP) is 5.11. The van der Waals surface area contributed by atoms with Gasteiger partial charge in [-0.1, -0.05) is 35.9 Å². The van der Waals surface area contributed by atoms with E-state index in [4.69, 9.17) is 11.6 Å². The van der Waals surface area contributed by atoms with Gasteiger partial charge in [-0.25, -0.2) is 0 Å². The SMILES string of the molecule is Cc1ccc2cc(-c3cccc(Cl)c3)[nH]c2c1C. The van der Waals surface area contributed by atoms with Gasteiger partial charge in [0, 0.05) is 21.6 Å². The van der Waals surface area contributed by atoms with Gasteiger partial charge in [-0.15, -0.1) is 0 Å². The van der Waals surface area contributed by atoms with Crippen molar-refractivity contribution in [2.75, 3.05) is 0 Å². The molecule has 0 fully saturated rings. The van der Waals surface area contributed by atoms with Gasteiger partial charge >= 0.3 is 0 Å². The average Bonchev–Trinajstić information content (AvgIpc) is 2.79. The second-order valence-electron chi connectivity index (χ2n) is 4.67. The third kappa shape index (κ3) is 1.81. The topological polar surface area (TPSA) is 15.8 Å². The van der Waals surface area contributed by atoms with Crippen molar-refractivity contribution in [1.29, 1.82) is 0 Å². The number of aromatic amines is 1. The van der Waals surface area contributed by atoms with E-state index < -0.39 is 0 Å².